The smallest absolute Gasteiger partial charge is 0.433 e. The number of pyridine rings is 1. The molecule has 0 saturated carbocycles. The van der Waals surface area contributed by atoms with E-state index >= 15 is 0 Å². The summed E-state index contributed by atoms with van der Waals surface area (Å²) in [5.74, 6) is -0.586. The summed E-state index contributed by atoms with van der Waals surface area (Å²) in [7, 11) is 3.41. The van der Waals surface area contributed by atoms with Crippen molar-refractivity contribution >= 4 is 28.4 Å². The molecular weight excluding hydrogens is 465 g/mol. The largest absolute Gasteiger partial charge is 0.494 e. The number of piperazine rings is 1. The van der Waals surface area contributed by atoms with Crippen LogP contribution in [0.2, 0.25) is 0 Å². The van der Waals surface area contributed by atoms with Crippen molar-refractivity contribution in [3.8, 4) is 5.75 Å². The van der Waals surface area contributed by atoms with E-state index in [9.17, 15) is 22.8 Å². The van der Waals surface area contributed by atoms with Crippen LogP contribution in [0.5, 0.6) is 5.75 Å². The molecule has 4 rings (SSSR count). The molecule has 3 heterocycles. The fraction of sp³-hybridized carbons (Fsp3) is 0.391. The minimum Gasteiger partial charge on any atom is -0.494 e. The van der Waals surface area contributed by atoms with Gasteiger partial charge >= 0.3 is 6.18 Å². The van der Waals surface area contributed by atoms with Gasteiger partial charge in [-0.05, 0) is 37.7 Å². The molecule has 0 aliphatic carbocycles. The van der Waals surface area contributed by atoms with Gasteiger partial charge in [0.15, 0.2) is 0 Å². The lowest BCUT2D eigenvalue weighted by atomic mass is 10.2. The van der Waals surface area contributed by atoms with E-state index in [1.165, 1.54) is 24.8 Å². The molecule has 186 valence electrons. The number of nitrogens with zero attached hydrogens (tertiary/aromatic N) is 5. The van der Waals surface area contributed by atoms with Crippen LogP contribution in [0, 0.1) is 6.92 Å². The van der Waals surface area contributed by atoms with E-state index in [2.05, 4.69) is 20.3 Å². The summed E-state index contributed by atoms with van der Waals surface area (Å²) in [6.07, 6.45) is -3.00. The fourth-order valence-electron chi connectivity index (χ4n) is 3.86. The number of anilines is 1. The highest BCUT2D eigenvalue weighted by Gasteiger charge is 2.33. The number of benzene rings is 1. The molecular formula is C23H25F3N6O3. The van der Waals surface area contributed by atoms with Crippen LogP contribution in [0.3, 0.4) is 0 Å². The van der Waals surface area contributed by atoms with E-state index < -0.39 is 17.8 Å². The average molecular weight is 490 g/mol. The Morgan fingerprint density at radius 2 is 1.83 bits per heavy atom. The zero-order valence-corrected chi connectivity index (χ0v) is 19.5. The average Bonchev–Trinajstić information content (AvgIpc) is 3.18. The zero-order valence-electron chi connectivity index (χ0n) is 19.5. The lowest BCUT2D eigenvalue weighted by molar-refractivity contribution is -0.141. The highest BCUT2D eigenvalue weighted by molar-refractivity contribution is 6.05. The summed E-state index contributed by atoms with van der Waals surface area (Å²) < 4.78 is 46.2. The first-order chi connectivity index (χ1) is 16.5. The fourth-order valence-corrected chi connectivity index (χ4v) is 3.86. The van der Waals surface area contributed by atoms with E-state index in [1.54, 1.807) is 23.2 Å². The van der Waals surface area contributed by atoms with Crippen molar-refractivity contribution in [2.45, 2.75) is 19.6 Å². The van der Waals surface area contributed by atoms with Crippen LogP contribution in [0.25, 0.3) is 10.9 Å². The molecule has 2 aromatic heterocycles. The number of aromatic nitrogens is 3. The van der Waals surface area contributed by atoms with Crippen LogP contribution in [0.15, 0.2) is 30.5 Å². The van der Waals surface area contributed by atoms with E-state index in [4.69, 9.17) is 4.74 Å². The minimum atomic E-state index is -4.67. The number of nitrogens with one attached hydrogen (secondary N) is 1. The molecule has 0 radical (unpaired) electrons. The number of halogens is 3. The number of carbonyl (C=O) groups excluding carboxylic acids is 2. The summed E-state index contributed by atoms with van der Waals surface area (Å²) in [5.41, 5.74) is -0.471. The Labute approximate surface area is 199 Å². The van der Waals surface area contributed by atoms with E-state index in [1.807, 2.05) is 7.05 Å². The van der Waals surface area contributed by atoms with Crippen LogP contribution >= 0.6 is 0 Å². The first-order valence-electron chi connectivity index (χ1n) is 10.9. The number of ether oxygens (including phenoxy) is 1. The van der Waals surface area contributed by atoms with Gasteiger partial charge in [-0.1, -0.05) is 0 Å². The Morgan fingerprint density at radius 1 is 1.11 bits per heavy atom. The normalized spacial score (nSPS) is 14.9. The van der Waals surface area contributed by atoms with Crippen molar-refractivity contribution in [1.82, 2.24) is 24.6 Å². The molecule has 1 fully saturated rings. The molecule has 0 bridgehead atoms. The number of fused-ring (bicyclic) bond motifs is 1. The van der Waals surface area contributed by atoms with Crippen molar-refractivity contribution in [3.05, 3.63) is 47.4 Å². The van der Waals surface area contributed by atoms with E-state index in [-0.39, 0.29) is 35.1 Å². The van der Waals surface area contributed by atoms with Crippen LogP contribution < -0.4 is 10.1 Å². The summed E-state index contributed by atoms with van der Waals surface area (Å²) in [6, 6.07) is 5.34. The lowest BCUT2D eigenvalue weighted by Gasteiger charge is -2.32. The quantitative estimate of drug-likeness (QED) is 0.592. The van der Waals surface area contributed by atoms with Gasteiger partial charge in [0, 0.05) is 43.8 Å². The number of hydrogen-bond acceptors (Lipinski definition) is 6. The number of aryl methyl sites for hydroxylation is 1. The number of amides is 2. The maximum absolute atomic E-state index is 13.1. The van der Waals surface area contributed by atoms with Gasteiger partial charge in [-0.25, -0.2) is 4.98 Å². The second-order valence-corrected chi connectivity index (χ2v) is 8.49. The molecule has 1 aliphatic rings. The van der Waals surface area contributed by atoms with Crippen LogP contribution in [0.4, 0.5) is 18.9 Å². The van der Waals surface area contributed by atoms with Crippen molar-refractivity contribution in [1.29, 1.82) is 0 Å². The van der Waals surface area contributed by atoms with Crippen LogP contribution in [-0.2, 0) is 17.5 Å². The molecule has 2 amide bonds. The van der Waals surface area contributed by atoms with Gasteiger partial charge in [0.05, 0.1) is 18.3 Å². The Bertz CT molecular complexity index is 1270. The van der Waals surface area contributed by atoms with Crippen molar-refractivity contribution < 1.29 is 27.5 Å². The number of alkyl halides is 3. The van der Waals surface area contributed by atoms with Gasteiger partial charge in [-0.2, -0.15) is 18.3 Å². The Morgan fingerprint density at radius 3 is 2.49 bits per heavy atom. The standard InChI is InChI=1S/C23H25F3N6O3/c1-14-8-18(27-20(9-14)23(24,25)26)22(34)28-17-10-15-12-32(29-16(15)11-19(17)35-3)13-21(33)31-6-4-30(2)5-7-31/h8-12H,4-7,13H2,1-3H3,(H,28,34). The second-order valence-electron chi connectivity index (χ2n) is 8.49. The van der Waals surface area contributed by atoms with Crippen LogP contribution in [-0.4, -0.2) is 76.7 Å². The third-order valence-corrected chi connectivity index (χ3v) is 5.77. The number of rotatable bonds is 5. The van der Waals surface area contributed by atoms with Crippen molar-refractivity contribution in [2.75, 3.05) is 45.7 Å². The second kappa shape index (κ2) is 9.53. The Kier molecular flexibility index (Phi) is 6.66. The molecule has 35 heavy (non-hydrogen) atoms. The number of hydrogen-bond donors (Lipinski definition) is 1. The molecule has 0 atom stereocenters. The summed E-state index contributed by atoms with van der Waals surface area (Å²) >= 11 is 0. The van der Waals surface area contributed by atoms with Crippen molar-refractivity contribution in [2.24, 2.45) is 0 Å². The Hall–Kier alpha value is -3.67. The zero-order chi connectivity index (χ0) is 25.3. The van der Waals surface area contributed by atoms with Gasteiger partial charge in [0.1, 0.15) is 23.7 Å². The molecule has 9 nitrogen and oxygen atoms in total. The summed E-state index contributed by atoms with van der Waals surface area (Å²) in [6.45, 7) is 4.46. The van der Waals surface area contributed by atoms with Gasteiger partial charge in [-0.15, -0.1) is 0 Å². The molecule has 1 saturated heterocycles. The maximum atomic E-state index is 13.1. The first-order valence-corrected chi connectivity index (χ1v) is 10.9. The third kappa shape index (κ3) is 5.53. The predicted octanol–water partition coefficient (Wildman–Crippen LogP) is 2.79. The van der Waals surface area contributed by atoms with E-state index in [0.717, 1.165) is 19.2 Å². The number of carbonyl (C=O) groups is 2. The molecule has 12 heteroatoms. The molecule has 1 N–H and O–H groups in total. The maximum Gasteiger partial charge on any atom is 0.433 e. The molecule has 1 aliphatic heterocycles. The van der Waals surface area contributed by atoms with Crippen molar-refractivity contribution in [3.63, 3.8) is 0 Å². The van der Waals surface area contributed by atoms with Crippen LogP contribution in [0.1, 0.15) is 21.7 Å². The van der Waals surface area contributed by atoms with E-state index in [0.29, 0.717) is 24.0 Å². The van der Waals surface area contributed by atoms with Gasteiger partial charge in [0.25, 0.3) is 5.91 Å². The number of methoxy groups -OCH3 is 1. The summed E-state index contributed by atoms with van der Waals surface area (Å²) in [4.78, 5) is 32.8. The highest BCUT2D eigenvalue weighted by Crippen LogP contribution is 2.31. The topological polar surface area (TPSA) is 92.6 Å². The molecule has 0 spiro atoms. The lowest BCUT2D eigenvalue weighted by Crippen LogP contribution is -2.48. The predicted molar refractivity (Wildman–Crippen MR) is 122 cm³/mol. The first kappa shape index (κ1) is 24.5. The SMILES string of the molecule is COc1cc2nn(CC(=O)N3CCN(C)CC3)cc2cc1NC(=O)c1cc(C)cc(C(F)(F)F)n1. The van der Waals surface area contributed by atoms with Gasteiger partial charge in [0.2, 0.25) is 5.91 Å². The highest BCUT2D eigenvalue weighted by atomic mass is 19.4. The number of likely N-dealkylation sites (N-methyl/N-ethyl adjacent to an activating group) is 1. The summed E-state index contributed by atoms with van der Waals surface area (Å²) in [5, 5.41) is 7.62. The Balaban J connectivity index is 1.55. The molecule has 3 aromatic rings. The molecule has 0 unspecified atom stereocenters. The van der Waals surface area contributed by atoms with Gasteiger partial charge < -0.3 is 19.9 Å². The van der Waals surface area contributed by atoms with Gasteiger partial charge in [-0.3, -0.25) is 14.3 Å². The monoisotopic (exact) mass is 490 g/mol. The minimum absolute atomic E-state index is 0.0441. The third-order valence-electron chi connectivity index (χ3n) is 5.77. The molecule has 1 aromatic carbocycles.